The lowest BCUT2D eigenvalue weighted by atomic mass is 9.88. The first-order chi connectivity index (χ1) is 12.9. The lowest BCUT2D eigenvalue weighted by Gasteiger charge is -2.36. The van der Waals surface area contributed by atoms with Crippen molar-refractivity contribution < 1.29 is 24.4 Å². The summed E-state index contributed by atoms with van der Waals surface area (Å²) >= 11 is 0. The fraction of sp³-hybridized carbons (Fsp3) is 0.455. The molecule has 0 amide bonds. The summed E-state index contributed by atoms with van der Waals surface area (Å²) in [7, 11) is 0. The predicted octanol–water partition coefficient (Wildman–Crippen LogP) is 3.08. The largest absolute Gasteiger partial charge is 0.394 e. The number of benzene rings is 2. The summed E-state index contributed by atoms with van der Waals surface area (Å²) in [5.74, 6) is -0.426. The van der Waals surface area contributed by atoms with E-state index in [1.54, 1.807) is 12.1 Å². The molecule has 2 aromatic carbocycles. The third kappa shape index (κ3) is 4.22. The summed E-state index contributed by atoms with van der Waals surface area (Å²) in [4.78, 5) is 0. The van der Waals surface area contributed by atoms with Gasteiger partial charge in [0.2, 0.25) is 0 Å². The van der Waals surface area contributed by atoms with Gasteiger partial charge in [-0.3, -0.25) is 0 Å². The van der Waals surface area contributed by atoms with Crippen LogP contribution in [0.25, 0.3) is 0 Å². The van der Waals surface area contributed by atoms with E-state index in [9.17, 15) is 19.7 Å². The zero-order valence-electron chi connectivity index (χ0n) is 15.7. The molecule has 1 aliphatic rings. The number of hydrogen-bond acceptors (Lipinski definition) is 4. The molecule has 1 unspecified atom stereocenters. The average Bonchev–Trinajstić information content (AvgIpc) is 2.70. The Hall–Kier alpha value is -1.79. The SMILES string of the molecule is CCc1ccc(C(C)c2cc([C@H]3C[C@@H](O)[C@H](O)[C@@H](CO)O3)ccc2F)cc1. The molecule has 5 atom stereocenters. The molecule has 2 aromatic rings. The van der Waals surface area contributed by atoms with Crippen LogP contribution in [0.2, 0.25) is 0 Å². The lowest BCUT2D eigenvalue weighted by Crippen LogP contribution is -2.47. The van der Waals surface area contributed by atoms with Gasteiger partial charge in [-0.2, -0.15) is 0 Å². The van der Waals surface area contributed by atoms with Gasteiger partial charge in [0.1, 0.15) is 18.0 Å². The van der Waals surface area contributed by atoms with Crippen molar-refractivity contribution in [3.05, 3.63) is 70.5 Å². The first kappa shape index (κ1) is 20.0. The molecule has 146 valence electrons. The summed E-state index contributed by atoms with van der Waals surface area (Å²) in [5, 5.41) is 29.3. The van der Waals surface area contributed by atoms with E-state index in [2.05, 4.69) is 19.1 Å². The van der Waals surface area contributed by atoms with E-state index in [1.807, 2.05) is 19.1 Å². The number of hydrogen-bond donors (Lipinski definition) is 3. The van der Waals surface area contributed by atoms with Crippen molar-refractivity contribution in [2.75, 3.05) is 6.61 Å². The molecule has 4 nitrogen and oxygen atoms in total. The number of halogens is 1. The highest BCUT2D eigenvalue weighted by atomic mass is 19.1. The maximum absolute atomic E-state index is 14.5. The van der Waals surface area contributed by atoms with E-state index in [4.69, 9.17) is 4.74 Å². The highest BCUT2D eigenvalue weighted by Crippen LogP contribution is 2.35. The van der Waals surface area contributed by atoms with Gasteiger partial charge >= 0.3 is 0 Å². The van der Waals surface area contributed by atoms with Crippen LogP contribution in [0, 0.1) is 5.82 Å². The van der Waals surface area contributed by atoms with Crippen LogP contribution in [0.1, 0.15) is 54.5 Å². The Balaban J connectivity index is 1.87. The highest BCUT2D eigenvalue weighted by molar-refractivity contribution is 5.37. The fourth-order valence-electron chi connectivity index (χ4n) is 3.64. The molecule has 1 saturated heterocycles. The second-order valence-corrected chi connectivity index (χ2v) is 7.24. The maximum atomic E-state index is 14.5. The van der Waals surface area contributed by atoms with Crippen LogP contribution in [0.5, 0.6) is 0 Å². The summed E-state index contributed by atoms with van der Waals surface area (Å²) in [6, 6.07) is 13.0. The standard InChI is InChI=1S/C22H27FO4/c1-3-14-4-6-15(7-5-14)13(2)17-10-16(8-9-18(17)23)20-11-19(25)22(26)21(12-24)27-20/h4-10,13,19-22,24-26H,3,11-12H2,1-2H3/t13?,19-,20-,21-,22+/m1/s1. The summed E-state index contributed by atoms with van der Waals surface area (Å²) in [5.41, 5.74) is 3.55. The normalized spacial score (nSPS) is 26.7. The first-order valence-electron chi connectivity index (χ1n) is 9.45. The minimum atomic E-state index is -1.12. The van der Waals surface area contributed by atoms with E-state index >= 15 is 0 Å². The molecule has 27 heavy (non-hydrogen) atoms. The molecule has 1 aliphatic heterocycles. The summed E-state index contributed by atoms with van der Waals surface area (Å²) in [6.45, 7) is 3.67. The zero-order chi connectivity index (χ0) is 19.6. The molecule has 1 fully saturated rings. The molecule has 0 saturated carbocycles. The molecule has 0 radical (unpaired) electrons. The van der Waals surface area contributed by atoms with Crippen LogP contribution in [-0.4, -0.2) is 40.2 Å². The molecule has 3 rings (SSSR count). The van der Waals surface area contributed by atoms with Crippen molar-refractivity contribution >= 4 is 0 Å². The zero-order valence-corrected chi connectivity index (χ0v) is 15.7. The molecule has 0 aliphatic carbocycles. The Morgan fingerprint density at radius 3 is 2.48 bits per heavy atom. The van der Waals surface area contributed by atoms with E-state index in [0.29, 0.717) is 5.56 Å². The number of aliphatic hydroxyl groups excluding tert-OH is 3. The molecule has 3 N–H and O–H groups in total. The second-order valence-electron chi connectivity index (χ2n) is 7.24. The third-order valence-electron chi connectivity index (χ3n) is 5.50. The molecular formula is C22H27FO4. The van der Waals surface area contributed by atoms with Gasteiger partial charge < -0.3 is 20.1 Å². The van der Waals surface area contributed by atoms with Crippen LogP contribution >= 0.6 is 0 Å². The minimum Gasteiger partial charge on any atom is -0.394 e. The molecule has 5 heteroatoms. The second kappa shape index (κ2) is 8.48. The van der Waals surface area contributed by atoms with Crippen LogP contribution in [-0.2, 0) is 11.2 Å². The van der Waals surface area contributed by atoms with E-state index in [-0.39, 0.29) is 24.8 Å². The van der Waals surface area contributed by atoms with Crippen molar-refractivity contribution in [3.63, 3.8) is 0 Å². The average molecular weight is 374 g/mol. The maximum Gasteiger partial charge on any atom is 0.127 e. The fourth-order valence-corrected chi connectivity index (χ4v) is 3.64. The van der Waals surface area contributed by atoms with Crippen molar-refractivity contribution in [3.8, 4) is 0 Å². The summed E-state index contributed by atoms with van der Waals surface area (Å²) in [6.07, 6.45) is -2.32. The van der Waals surface area contributed by atoms with Crippen molar-refractivity contribution in [1.82, 2.24) is 0 Å². The molecule has 1 heterocycles. The van der Waals surface area contributed by atoms with Gasteiger partial charge in [0.25, 0.3) is 0 Å². The monoisotopic (exact) mass is 374 g/mol. The highest BCUT2D eigenvalue weighted by Gasteiger charge is 2.37. The van der Waals surface area contributed by atoms with Crippen molar-refractivity contribution in [2.45, 2.75) is 57.0 Å². The Morgan fingerprint density at radius 2 is 1.85 bits per heavy atom. The molecule has 0 aromatic heterocycles. The van der Waals surface area contributed by atoms with Gasteiger partial charge in [0.15, 0.2) is 0 Å². The number of ether oxygens (including phenoxy) is 1. The van der Waals surface area contributed by atoms with Gasteiger partial charge in [0.05, 0.1) is 18.8 Å². The quantitative estimate of drug-likeness (QED) is 0.752. The van der Waals surface area contributed by atoms with Gasteiger partial charge in [-0.05, 0) is 40.8 Å². The van der Waals surface area contributed by atoms with Gasteiger partial charge in [-0.15, -0.1) is 0 Å². The summed E-state index contributed by atoms with van der Waals surface area (Å²) < 4.78 is 20.3. The molecule has 0 bridgehead atoms. The van der Waals surface area contributed by atoms with Gasteiger partial charge in [-0.1, -0.05) is 44.2 Å². The Labute approximate surface area is 159 Å². The van der Waals surface area contributed by atoms with Crippen LogP contribution in [0.15, 0.2) is 42.5 Å². The van der Waals surface area contributed by atoms with Crippen LogP contribution < -0.4 is 0 Å². The topological polar surface area (TPSA) is 69.9 Å². The Kier molecular flexibility index (Phi) is 6.27. The number of rotatable bonds is 5. The first-order valence-corrected chi connectivity index (χ1v) is 9.45. The molecular weight excluding hydrogens is 347 g/mol. The van der Waals surface area contributed by atoms with Gasteiger partial charge in [0, 0.05) is 12.3 Å². The van der Waals surface area contributed by atoms with Crippen molar-refractivity contribution in [1.29, 1.82) is 0 Å². The van der Waals surface area contributed by atoms with E-state index < -0.39 is 24.4 Å². The van der Waals surface area contributed by atoms with Crippen LogP contribution in [0.3, 0.4) is 0 Å². The number of aliphatic hydroxyl groups is 3. The van der Waals surface area contributed by atoms with E-state index in [0.717, 1.165) is 17.5 Å². The smallest absolute Gasteiger partial charge is 0.127 e. The minimum absolute atomic E-state index is 0.136. The number of aryl methyl sites for hydroxylation is 1. The third-order valence-corrected chi connectivity index (χ3v) is 5.50. The van der Waals surface area contributed by atoms with E-state index in [1.165, 1.54) is 11.6 Å². The Morgan fingerprint density at radius 1 is 1.15 bits per heavy atom. The predicted molar refractivity (Wildman–Crippen MR) is 101 cm³/mol. The molecule has 0 spiro atoms. The van der Waals surface area contributed by atoms with Crippen molar-refractivity contribution in [2.24, 2.45) is 0 Å². The van der Waals surface area contributed by atoms with Crippen LogP contribution in [0.4, 0.5) is 4.39 Å². The lowest BCUT2D eigenvalue weighted by molar-refractivity contribution is -0.181. The Bertz CT molecular complexity index is 761. The van der Waals surface area contributed by atoms with Gasteiger partial charge in [-0.25, -0.2) is 4.39 Å².